The fourth-order valence-corrected chi connectivity index (χ4v) is 2.24. The van der Waals surface area contributed by atoms with Gasteiger partial charge >= 0.3 is 0 Å². The van der Waals surface area contributed by atoms with Crippen LogP contribution < -0.4 is 10.5 Å². The fraction of sp³-hybridized carbons (Fsp3) is 0.200. The van der Waals surface area contributed by atoms with Gasteiger partial charge in [0.15, 0.2) is 0 Å². The average Bonchev–Trinajstić information content (AvgIpc) is 2.48. The normalized spacial score (nSPS) is 15.4. The molecule has 2 heterocycles. The highest BCUT2D eigenvalue weighted by atomic mass is 16.5. The van der Waals surface area contributed by atoms with Gasteiger partial charge < -0.3 is 9.64 Å². The zero-order valence-electron chi connectivity index (χ0n) is 10.9. The van der Waals surface area contributed by atoms with Crippen molar-refractivity contribution in [3.63, 3.8) is 0 Å². The molecule has 1 amide bonds. The number of nitrogens with zero attached hydrogens (tertiary/aromatic N) is 2. The molecular formula is C15H14N2O3. The van der Waals surface area contributed by atoms with Crippen molar-refractivity contribution in [1.29, 1.82) is 0 Å². The molecular weight excluding hydrogens is 256 g/mol. The zero-order chi connectivity index (χ0) is 13.9. The summed E-state index contributed by atoms with van der Waals surface area (Å²) in [6, 6.07) is 12.4. The lowest BCUT2D eigenvalue weighted by atomic mass is 10.2. The van der Waals surface area contributed by atoms with Crippen LogP contribution in [0.15, 0.2) is 53.5 Å². The maximum absolute atomic E-state index is 11.8. The van der Waals surface area contributed by atoms with Crippen LogP contribution in [0.1, 0.15) is 0 Å². The molecule has 5 heteroatoms. The topological polar surface area (TPSA) is 51.5 Å². The zero-order valence-corrected chi connectivity index (χ0v) is 10.9. The molecule has 102 valence electrons. The number of carbonyl (C=O) groups is 1. The maximum Gasteiger partial charge on any atom is 0.255 e. The van der Waals surface area contributed by atoms with Crippen LogP contribution in [-0.2, 0) is 9.53 Å². The standard InChI is InChI=1S/C15H14N2O3/c18-14-6-1-2-7-16(14)12-4-3-5-13(10-12)17-8-9-20-11-15(17)19/h1-7,10H,8-9,11H2. The number of aromatic nitrogens is 1. The number of anilines is 1. The molecule has 20 heavy (non-hydrogen) atoms. The second-order valence-corrected chi connectivity index (χ2v) is 4.53. The molecule has 0 aliphatic carbocycles. The van der Waals surface area contributed by atoms with E-state index in [1.165, 1.54) is 6.07 Å². The van der Waals surface area contributed by atoms with E-state index in [1.54, 1.807) is 27.8 Å². The minimum atomic E-state index is -0.0991. The average molecular weight is 270 g/mol. The van der Waals surface area contributed by atoms with Crippen molar-refractivity contribution < 1.29 is 9.53 Å². The maximum atomic E-state index is 11.8. The van der Waals surface area contributed by atoms with Crippen molar-refractivity contribution in [2.45, 2.75) is 0 Å². The number of hydrogen-bond acceptors (Lipinski definition) is 3. The van der Waals surface area contributed by atoms with Crippen molar-refractivity contribution >= 4 is 11.6 Å². The van der Waals surface area contributed by atoms with Crippen LogP contribution in [0, 0.1) is 0 Å². The third-order valence-electron chi connectivity index (χ3n) is 3.23. The Bertz CT molecular complexity index is 693. The number of morpholine rings is 1. The molecule has 0 atom stereocenters. The van der Waals surface area contributed by atoms with E-state index in [0.29, 0.717) is 13.2 Å². The van der Waals surface area contributed by atoms with Crippen molar-refractivity contribution in [2.24, 2.45) is 0 Å². The summed E-state index contributed by atoms with van der Waals surface area (Å²) in [5.41, 5.74) is 1.43. The first-order chi connectivity index (χ1) is 9.75. The van der Waals surface area contributed by atoms with Crippen LogP contribution in [0.2, 0.25) is 0 Å². The van der Waals surface area contributed by atoms with Gasteiger partial charge in [-0.25, -0.2) is 0 Å². The minimum absolute atomic E-state index is 0.0613. The van der Waals surface area contributed by atoms with Crippen LogP contribution in [-0.4, -0.2) is 30.2 Å². The molecule has 1 aliphatic heterocycles. The highest BCUT2D eigenvalue weighted by Gasteiger charge is 2.20. The van der Waals surface area contributed by atoms with Crippen LogP contribution >= 0.6 is 0 Å². The predicted molar refractivity (Wildman–Crippen MR) is 75.2 cm³/mol. The van der Waals surface area contributed by atoms with Gasteiger partial charge in [0.2, 0.25) is 0 Å². The number of benzene rings is 1. The molecule has 1 aromatic carbocycles. The van der Waals surface area contributed by atoms with Crippen molar-refractivity contribution in [3.05, 3.63) is 59.0 Å². The Morgan fingerprint density at radius 2 is 1.85 bits per heavy atom. The van der Waals surface area contributed by atoms with Gasteiger partial charge in [-0.1, -0.05) is 12.1 Å². The van der Waals surface area contributed by atoms with Gasteiger partial charge in [-0.15, -0.1) is 0 Å². The number of amides is 1. The van der Waals surface area contributed by atoms with Gasteiger partial charge in [0.1, 0.15) is 6.61 Å². The Balaban J connectivity index is 2.00. The third-order valence-corrected chi connectivity index (χ3v) is 3.23. The lowest BCUT2D eigenvalue weighted by Crippen LogP contribution is -2.41. The second-order valence-electron chi connectivity index (χ2n) is 4.53. The Morgan fingerprint density at radius 3 is 2.65 bits per heavy atom. The molecule has 0 spiro atoms. The first-order valence-corrected chi connectivity index (χ1v) is 6.42. The van der Waals surface area contributed by atoms with Crippen LogP contribution in [0.3, 0.4) is 0 Å². The number of ether oxygens (including phenoxy) is 1. The van der Waals surface area contributed by atoms with E-state index in [4.69, 9.17) is 4.74 Å². The van der Waals surface area contributed by atoms with E-state index >= 15 is 0 Å². The molecule has 2 aromatic rings. The van der Waals surface area contributed by atoms with Gasteiger partial charge in [-0.2, -0.15) is 0 Å². The van der Waals surface area contributed by atoms with E-state index in [2.05, 4.69) is 0 Å². The SMILES string of the molecule is O=C1COCCN1c1cccc(-n2ccccc2=O)c1. The largest absolute Gasteiger partial charge is 0.370 e. The summed E-state index contributed by atoms with van der Waals surface area (Å²) in [6.07, 6.45) is 1.71. The van der Waals surface area contributed by atoms with E-state index in [9.17, 15) is 9.59 Å². The summed E-state index contributed by atoms with van der Waals surface area (Å²) in [4.78, 5) is 25.4. The monoisotopic (exact) mass is 270 g/mol. The number of rotatable bonds is 2. The Morgan fingerprint density at radius 1 is 1.00 bits per heavy atom. The smallest absolute Gasteiger partial charge is 0.255 e. The van der Waals surface area contributed by atoms with E-state index in [0.717, 1.165) is 11.4 Å². The van der Waals surface area contributed by atoms with Crippen molar-refractivity contribution in [3.8, 4) is 5.69 Å². The highest BCUT2D eigenvalue weighted by molar-refractivity contribution is 5.95. The Kier molecular flexibility index (Phi) is 3.35. The summed E-state index contributed by atoms with van der Waals surface area (Å²) in [6.45, 7) is 1.17. The molecule has 5 nitrogen and oxygen atoms in total. The molecule has 0 N–H and O–H groups in total. The summed E-state index contributed by atoms with van der Waals surface area (Å²) in [7, 11) is 0. The predicted octanol–water partition coefficient (Wildman–Crippen LogP) is 1.20. The van der Waals surface area contributed by atoms with Crippen LogP contribution in [0.4, 0.5) is 5.69 Å². The molecule has 1 fully saturated rings. The molecule has 1 aromatic heterocycles. The molecule has 1 saturated heterocycles. The van der Waals surface area contributed by atoms with Crippen molar-refractivity contribution in [2.75, 3.05) is 24.7 Å². The van der Waals surface area contributed by atoms with E-state index < -0.39 is 0 Å². The van der Waals surface area contributed by atoms with Crippen LogP contribution in [0.25, 0.3) is 5.69 Å². The molecule has 3 rings (SSSR count). The third kappa shape index (κ3) is 2.35. The number of hydrogen-bond donors (Lipinski definition) is 0. The van der Waals surface area contributed by atoms with Gasteiger partial charge in [0.05, 0.1) is 12.3 Å². The molecule has 1 aliphatic rings. The van der Waals surface area contributed by atoms with E-state index in [-0.39, 0.29) is 18.1 Å². The minimum Gasteiger partial charge on any atom is -0.370 e. The van der Waals surface area contributed by atoms with Gasteiger partial charge in [-0.3, -0.25) is 14.2 Å². The number of carbonyl (C=O) groups excluding carboxylic acids is 1. The first-order valence-electron chi connectivity index (χ1n) is 6.42. The lowest BCUT2D eigenvalue weighted by Gasteiger charge is -2.27. The lowest BCUT2D eigenvalue weighted by molar-refractivity contribution is -0.125. The Labute approximate surface area is 116 Å². The molecule has 0 unspecified atom stereocenters. The van der Waals surface area contributed by atoms with E-state index in [1.807, 2.05) is 24.3 Å². The first kappa shape index (κ1) is 12.6. The Hall–Kier alpha value is -2.40. The van der Waals surface area contributed by atoms with Gasteiger partial charge in [0, 0.05) is 24.5 Å². The quantitative estimate of drug-likeness (QED) is 0.824. The summed E-state index contributed by atoms with van der Waals surface area (Å²) >= 11 is 0. The van der Waals surface area contributed by atoms with Crippen molar-refractivity contribution in [1.82, 2.24) is 4.57 Å². The fourth-order valence-electron chi connectivity index (χ4n) is 2.24. The molecule has 0 bridgehead atoms. The summed E-state index contributed by atoms with van der Waals surface area (Å²) in [5, 5.41) is 0. The summed E-state index contributed by atoms with van der Waals surface area (Å²) < 4.78 is 6.67. The highest BCUT2D eigenvalue weighted by Crippen LogP contribution is 2.19. The summed E-state index contributed by atoms with van der Waals surface area (Å²) in [5.74, 6) is -0.0613. The second kappa shape index (κ2) is 5.30. The van der Waals surface area contributed by atoms with Gasteiger partial charge in [0.25, 0.3) is 11.5 Å². The number of pyridine rings is 1. The molecule has 0 saturated carbocycles. The van der Waals surface area contributed by atoms with Gasteiger partial charge in [-0.05, 0) is 24.3 Å². The molecule has 0 radical (unpaired) electrons. The van der Waals surface area contributed by atoms with Crippen LogP contribution in [0.5, 0.6) is 0 Å².